The number of sulfonamides is 1. The van der Waals surface area contributed by atoms with E-state index < -0.39 is 16.1 Å². The van der Waals surface area contributed by atoms with Crippen LogP contribution < -0.4 is 14.4 Å². The molecule has 0 aliphatic carbocycles. The normalized spacial score (nSPS) is 14.9. The highest BCUT2D eigenvalue weighted by Gasteiger charge is 2.31. The Balaban J connectivity index is 1.52. The first-order valence-electron chi connectivity index (χ1n) is 12.0. The van der Waals surface area contributed by atoms with Gasteiger partial charge in [0, 0.05) is 36.9 Å². The molecule has 0 radical (unpaired) electrons. The third-order valence-corrected chi connectivity index (χ3v) is 8.16. The first kappa shape index (κ1) is 27.3. The van der Waals surface area contributed by atoms with Crippen molar-refractivity contribution in [3.8, 4) is 5.75 Å². The number of piperazine rings is 1. The Bertz CT molecular complexity index is 1330. The molecule has 1 aliphatic rings. The van der Waals surface area contributed by atoms with Crippen molar-refractivity contribution in [3.05, 3.63) is 88.4 Å². The third-order valence-electron chi connectivity index (χ3n) is 6.16. The van der Waals surface area contributed by atoms with Gasteiger partial charge < -0.3 is 14.5 Å². The summed E-state index contributed by atoms with van der Waals surface area (Å²) in [5.74, 6) is 0.132. The van der Waals surface area contributed by atoms with Crippen molar-refractivity contribution in [3.63, 3.8) is 0 Å². The molecule has 7 nitrogen and oxygen atoms in total. The average molecular weight is 563 g/mol. The number of hydrogen-bond donors (Lipinski definition) is 1. The quantitative estimate of drug-likeness (QED) is 0.412. The van der Waals surface area contributed by atoms with Crippen molar-refractivity contribution >= 4 is 44.8 Å². The predicted octanol–water partition coefficient (Wildman–Crippen LogP) is 4.63. The number of anilines is 1. The smallest absolute Gasteiger partial charge is 0.241 e. The summed E-state index contributed by atoms with van der Waals surface area (Å²) < 4.78 is 34.7. The molecule has 1 amide bonds. The van der Waals surface area contributed by atoms with Gasteiger partial charge >= 0.3 is 0 Å². The van der Waals surface area contributed by atoms with Crippen LogP contribution in [0.15, 0.2) is 77.7 Å². The van der Waals surface area contributed by atoms with Crippen LogP contribution in [0.1, 0.15) is 12.5 Å². The van der Waals surface area contributed by atoms with Crippen molar-refractivity contribution in [1.29, 1.82) is 0 Å². The molecule has 196 valence electrons. The molecule has 4 rings (SSSR count). The number of carbonyl (C=O) groups excluding carboxylic acids is 1. The van der Waals surface area contributed by atoms with Gasteiger partial charge in [-0.05, 0) is 55.3 Å². The van der Waals surface area contributed by atoms with Gasteiger partial charge in [0.05, 0.1) is 16.5 Å². The SMILES string of the molecule is CCOc1ccc(S(=O)(=O)NC(Cc2ccccc2)C(=O)N2CCN(c3cccc(Cl)c3)CC2)cc1Cl. The van der Waals surface area contributed by atoms with Crippen LogP contribution in [0, 0.1) is 0 Å². The Morgan fingerprint density at radius 2 is 1.70 bits per heavy atom. The van der Waals surface area contributed by atoms with Gasteiger partial charge in [-0.1, -0.05) is 59.6 Å². The molecule has 10 heteroatoms. The summed E-state index contributed by atoms with van der Waals surface area (Å²) >= 11 is 12.4. The summed E-state index contributed by atoms with van der Waals surface area (Å²) in [7, 11) is -4.04. The second kappa shape index (κ2) is 12.2. The van der Waals surface area contributed by atoms with E-state index in [1.165, 1.54) is 18.2 Å². The molecule has 0 aromatic heterocycles. The number of benzene rings is 3. The lowest BCUT2D eigenvalue weighted by atomic mass is 10.1. The lowest BCUT2D eigenvalue weighted by Crippen LogP contribution is -2.55. The molecule has 3 aromatic carbocycles. The van der Waals surface area contributed by atoms with E-state index in [0.717, 1.165) is 11.3 Å². The maximum atomic E-state index is 13.6. The van der Waals surface area contributed by atoms with Gasteiger partial charge in [0.15, 0.2) is 0 Å². The van der Waals surface area contributed by atoms with Gasteiger partial charge in [0.25, 0.3) is 0 Å². The van der Waals surface area contributed by atoms with Crippen LogP contribution >= 0.6 is 23.2 Å². The van der Waals surface area contributed by atoms with Crippen LogP contribution in [-0.4, -0.2) is 58.1 Å². The largest absolute Gasteiger partial charge is 0.492 e. The number of rotatable bonds is 9. The zero-order valence-electron chi connectivity index (χ0n) is 20.4. The monoisotopic (exact) mass is 561 g/mol. The lowest BCUT2D eigenvalue weighted by molar-refractivity contribution is -0.133. The maximum Gasteiger partial charge on any atom is 0.241 e. The van der Waals surface area contributed by atoms with Crippen LogP contribution in [0.4, 0.5) is 5.69 Å². The molecule has 0 spiro atoms. The number of amides is 1. The van der Waals surface area contributed by atoms with E-state index in [2.05, 4.69) is 9.62 Å². The van der Waals surface area contributed by atoms with Gasteiger partial charge in [-0.2, -0.15) is 4.72 Å². The topological polar surface area (TPSA) is 78.9 Å². The standard InChI is InChI=1S/C27H29Cl2N3O4S/c1-2-36-26-12-11-23(19-24(26)29)37(34,35)30-25(17-20-7-4-3-5-8-20)27(33)32-15-13-31(14-16-32)22-10-6-9-21(28)18-22/h3-12,18-19,25,30H,2,13-17H2,1H3. The average Bonchev–Trinajstić information content (AvgIpc) is 2.90. The van der Waals surface area contributed by atoms with Gasteiger partial charge in [-0.15, -0.1) is 0 Å². The minimum absolute atomic E-state index is 0.0300. The molecule has 0 saturated carbocycles. The molecule has 3 aromatic rings. The number of nitrogens with zero attached hydrogens (tertiary/aromatic N) is 2. The molecule has 1 unspecified atom stereocenters. The highest BCUT2D eigenvalue weighted by atomic mass is 35.5. The number of halogens is 2. The number of carbonyl (C=O) groups is 1. The van der Waals surface area contributed by atoms with Crippen molar-refractivity contribution in [2.45, 2.75) is 24.3 Å². The summed E-state index contributed by atoms with van der Waals surface area (Å²) in [4.78, 5) is 17.5. The second-order valence-electron chi connectivity index (χ2n) is 8.68. The van der Waals surface area contributed by atoms with Crippen LogP contribution in [0.3, 0.4) is 0 Å². The molecule has 1 fully saturated rings. The van der Waals surface area contributed by atoms with Gasteiger partial charge in [0.1, 0.15) is 11.8 Å². The van der Waals surface area contributed by atoms with Crippen molar-refractivity contribution in [1.82, 2.24) is 9.62 Å². The third kappa shape index (κ3) is 6.96. The molecular weight excluding hydrogens is 533 g/mol. The van der Waals surface area contributed by atoms with Crippen LogP contribution in [0.5, 0.6) is 5.75 Å². The molecule has 37 heavy (non-hydrogen) atoms. The summed E-state index contributed by atoms with van der Waals surface area (Å²) in [6, 6.07) is 20.2. The zero-order valence-corrected chi connectivity index (χ0v) is 22.8. The fourth-order valence-corrected chi connectivity index (χ4v) is 5.98. The van der Waals surface area contributed by atoms with Crippen molar-refractivity contribution in [2.75, 3.05) is 37.7 Å². The maximum absolute atomic E-state index is 13.6. The first-order chi connectivity index (χ1) is 17.8. The summed E-state index contributed by atoms with van der Waals surface area (Å²) in [5, 5.41) is 0.843. The lowest BCUT2D eigenvalue weighted by Gasteiger charge is -2.37. The van der Waals surface area contributed by atoms with Crippen LogP contribution in [0.2, 0.25) is 10.0 Å². The Morgan fingerprint density at radius 1 is 0.973 bits per heavy atom. The Labute approximate surface area is 228 Å². The number of ether oxygens (including phenoxy) is 1. The fourth-order valence-electron chi connectivity index (χ4n) is 4.28. The Morgan fingerprint density at radius 3 is 2.35 bits per heavy atom. The van der Waals surface area contributed by atoms with Crippen LogP contribution in [-0.2, 0) is 21.2 Å². The molecule has 1 N–H and O–H groups in total. The van der Waals surface area contributed by atoms with E-state index in [9.17, 15) is 13.2 Å². The predicted molar refractivity (Wildman–Crippen MR) is 147 cm³/mol. The Hall–Kier alpha value is -2.78. The summed E-state index contributed by atoms with van der Waals surface area (Å²) in [6.07, 6.45) is 0.220. The zero-order chi connectivity index (χ0) is 26.4. The van der Waals surface area contributed by atoms with E-state index in [1.54, 1.807) is 4.90 Å². The van der Waals surface area contributed by atoms with Crippen molar-refractivity contribution in [2.24, 2.45) is 0 Å². The number of nitrogens with one attached hydrogen (secondary N) is 1. The molecule has 1 aliphatic heterocycles. The summed E-state index contributed by atoms with van der Waals surface area (Å²) in [6.45, 7) is 4.39. The van der Waals surface area contributed by atoms with E-state index in [-0.39, 0.29) is 22.2 Å². The van der Waals surface area contributed by atoms with E-state index in [1.807, 2.05) is 61.5 Å². The van der Waals surface area contributed by atoms with E-state index >= 15 is 0 Å². The Kier molecular flexibility index (Phi) is 8.97. The highest BCUT2D eigenvalue weighted by Crippen LogP contribution is 2.28. The van der Waals surface area contributed by atoms with Crippen LogP contribution in [0.25, 0.3) is 0 Å². The van der Waals surface area contributed by atoms with E-state index in [4.69, 9.17) is 27.9 Å². The number of hydrogen-bond acceptors (Lipinski definition) is 5. The van der Waals surface area contributed by atoms with Gasteiger partial charge in [0.2, 0.25) is 15.9 Å². The first-order valence-corrected chi connectivity index (χ1v) is 14.3. The highest BCUT2D eigenvalue weighted by molar-refractivity contribution is 7.89. The fraction of sp³-hybridized carbons (Fsp3) is 0.296. The second-order valence-corrected chi connectivity index (χ2v) is 11.2. The van der Waals surface area contributed by atoms with Gasteiger partial charge in [-0.25, -0.2) is 8.42 Å². The molecule has 1 heterocycles. The molecular formula is C27H29Cl2N3O4S. The molecule has 1 saturated heterocycles. The summed E-state index contributed by atoms with van der Waals surface area (Å²) in [5.41, 5.74) is 1.85. The van der Waals surface area contributed by atoms with Gasteiger partial charge in [-0.3, -0.25) is 4.79 Å². The minimum atomic E-state index is -4.04. The van der Waals surface area contributed by atoms with Crippen molar-refractivity contribution < 1.29 is 17.9 Å². The minimum Gasteiger partial charge on any atom is -0.492 e. The molecule has 1 atom stereocenters. The molecule has 0 bridgehead atoms. The van der Waals surface area contributed by atoms with E-state index in [0.29, 0.717) is 43.6 Å².